The third-order valence-corrected chi connectivity index (χ3v) is 15.3. The fraction of sp³-hybridized carbons (Fsp3) is 0.429. The summed E-state index contributed by atoms with van der Waals surface area (Å²) < 4.78 is 41.8. The van der Waals surface area contributed by atoms with Gasteiger partial charge in [0.1, 0.15) is 17.1 Å². The number of allylic oxidation sites excluding steroid dienone is 1. The van der Waals surface area contributed by atoms with Crippen molar-refractivity contribution in [3.63, 3.8) is 0 Å². The molecule has 1 amide bonds. The summed E-state index contributed by atoms with van der Waals surface area (Å²) in [5.74, 6) is -0.543. The number of piperidine rings is 1. The minimum atomic E-state index is -4.73. The summed E-state index contributed by atoms with van der Waals surface area (Å²) in [7, 11) is -4.73. The highest BCUT2D eigenvalue weighted by atomic mass is 35.5. The number of nitrogens with zero attached hydrogens (tertiary/aromatic N) is 5. The van der Waals surface area contributed by atoms with Crippen LogP contribution in [0.5, 0.6) is 11.5 Å². The van der Waals surface area contributed by atoms with Crippen molar-refractivity contribution in [1.82, 2.24) is 24.5 Å². The summed E-state index contributed by atoms with van der Waals surface area (Å²) >= 11 is 6.25. The lowest BCUT2D eigenvalue weighted by molar-refractivity contribution is -0.387. The average Bonchev–Trinajstić information content (AvgIpc) is 3.78. The van der Waals surface area contributed by atoms with Crippen molar-refractivity contribution in [2.24, 2.45) is 5.41 Å². The molecule has 0 atom stereocenters. The van der Waals surface area contributed by atoms with Gasteiger partial charge in [0, 0.05) is 111 Å². The van der Waals surface area contributed by atoms with Crippen LogP contribution in [0.3, 0.4) is 0 Å². The van der Waals surface area contributed by atoms with E-state index in [1.54, 1.807) is 24.4 Å². The Labute approximate surface area is 390 Å². The number of nitrogens with one attached hydrogen (secondary N) is 3. The van der Waals surface area contributed by atoms with Gasteiger partial charge in [0.2, 0.25) is 0 Å². The second-order valence-electron chi connectivity index (χ2n) is 18.7. The first-order valence-electron chi connectivity index (χ1n) is 22.9. The minimum Gasteiger partial charge on any atom is -0.455 e. The normalized spacial score (nSPS) is 19.2. The zero-order valence-electron chi connectivity index (χ0n) is 37.4. The predicted molar refractivity (Wildman–Crippen MR) is 257 cm³/mol. The second kappa shape index (κ2) is 19.4. The van der Waals surface area contributed by atoms with Crippen molar-refractivity contribution in [3.8, 4) is 11.5 Å². The molecule has 0 saturated carbocycles. The van der Waals surface area contributed by atoms with E-state index < -0.39 is 31.4 Å². The van der Waals surface area contributed by atoms with E-state index in [4.69, 9.17) is 21.1 Å². The number of H-pyrrole nitrogens is 1. The number of carbonyl (C=O) groups excluding carboxylic acids is 1. The Bertz CT molecular complexity index is 2720. The molecule has 3 saturated heterocycles. The number of aromatic amines is 1. The lowest BCUT2D eigenvalue weighted by atomic mass is 9.72. The summed E-state index contributed by atoms with van der Waals surface area (Å²) in [6, 6.07) is 21.3. The number of nitro benzene ring substituents is 1. The van der Waals surface area contributed by atoms with E-state index in [2.05, 4.69) is 60.7 Å². The van der Waals surface area contributed by atoms with Crippen LogP contribution in [0.25, 0.3) is 16.6 Å². The van der Waals surface area contributed by atoms with Gasteiger partial charge in [-0.1, -0.05) is 43.2 Å². The van der Waals surface area contributed by atoms with Crippen molar-refractivity contribution in [2.45, 2.75) is 75.8 Å². The first kappa shape index (κ1) is 45.6. The molecule has 0 spiro atoms. The maximum absolute atomic E-state index is 14.1. The molecule has 1 aliphatic carbocycles. The lowest BCUT2D eigenvalue weighted by Gasteiger charge is -2.39. The number of benzene rings is 3. The molecule has 17 heteroatoms. The van der Waals surface area contributed by atoms with Crippen molar-refractivity contribution < 1.29 is 27.6 Å². The van der Waals surface area contributed by atoms with Crippen LogP contribution < -0.4 is 19.7 Å². The maximum Gasteiger partial charge on any atom is 0.291 e. The second-order valence-corrected chi connectivity index (χ2v) is 20.8. The summed E-state index contributed by atoms with van der Waals surface area (Å²) in [6.07, 6.45) is 10.2. The van der Waals surface area contributed by atoms with Crippen molar-refractivity contribution >= 4 is 61.2 Å². The maximum atomic E-state index is 14.1. The highest BCUT2D eigenvalue weighted by Gasteiger charge is 2.33. The molecule has 0 radical (unpaired) electrons. The number of halogens is 1. The molecular weight excluding hydrogens is 880 g/mol. The zero-order chi connectivity index (χ0) is 46.0. The molecule has 5 aromatic rings. The Balaban J connectivity index is 0.908. The van der Waals surface area contributed by atoms with Crippen LogP contribution in [0, 0.1) is 15.5 Å². The van der Waals surface area contributed by atoms with Gasteiger partial charge in [0.25, 0.3) is 21.6 Å². The van der Waals surface area contributed by atoms with Gasteiger partial charge in [0.05, 0.1) is 16.7 Å². The average molecular weight is 938 g/mol. The molecule has 5 heterocycles. The number of rotatable bonds is 13. The first-order valence-corrected chi connectivity index (χ1v) is 24.8. The SMILES string of the molecule is CC1(C)CCC(CN2CCN(c3ccc(C(=O)NS(=O)(=O)c4ccc(NC5CCN(C6CCOCC6)CC5)cc4[N+](=O)[O-])c(Oc4cnc5[nH]ccc5c4)c3)CC2)=C(c2ccc(Cl)cc2)C1. The van der Waals surface area contributed by atoms with Crippen LogP contribution in [0.2, 0.25) is 5.02 Å². The summed E-state index contributed by atoms with van der Waals surface area (Å²) in [4.78, 5) is 39.8. The number of ether oxygens (including phenoxy) is 2. The van der Waals surface area contributed by atoms with Gasteiger partial charge < -0.3 is 29.6 Å². The number of hydrogen-bond donors (Lipinski definition) is 3. The molecule has 0 bridgehead atoms. The Hall–Kier alpha value is -5.52. The monoisotopic (exact) mass is 936 g/mol. The van der Waals surface area contributed by atoms with Crippen molar-refractivity contribution in [1.29, 1.82) is 0 Å². The smallest absolute Gasteiger partial charge is 0.291 e. The van der Waals surface area contributed by atoms with Crippen LogP contribution in [-0.2, 0) is 14.8 Å². The van der Waals surface area contributed by atoms with Gasteiger partial charge in [-0.2, -0.15) is 0 Å². The number of likely N-dealkylation sites (tertiary alicyclic amines) is 1. The van der Waals surface area contributed by atoms with Gasteiger partial charge in [-0.25, -0.2) is 18.1 Å². The molecule has 3 aliphatic heterocycles. The third kappa shape index (κ3) is 10.5. The number of nitro groups is 1. The molecule has 4 aliphatic rings. The Kier molecular flexibility index (Phi) is 13.4. The highest BCUT2D eigenvalue weighted by Crippen LogP contribution is 2.43. The molecule has 3 N–H and O–H groups in total. The number of amides is 1. The number of anilines is 2. The molecule has 348 valence electrons. The fourth-order valence-corrected chi connectivity index (χ4v) is 11.1. The van der Waals surface area contributed by atoms with E-state index >= 15 is 0 Å². The van der Waals surface area contributed by atoms with Gasteiger partial charge in [0.15, 0.2) is 4.90 Å². The number of sulfonamides is 1. The van der Waals surface area contributed by atoms with Crippen LogP contribution >= 0.6 is 11.6 Å². The molecule has 66 heavy (non-hydrogen) atoms. The minimum absolute atomic E-state index is 0.0648. The van der Waals surface area contributed by atoms with Crippen LogP contribution in [0.1, 0.15) is 74.7 Å². The lowest BCUT2D eigenvalue weighted by Crippen LogP contribution is -2.47. The van der Waals surface area contributed by atoms with Crippen LogP contribution in [0.4, 0.5) is 17.1 Å². The zero-order valence-corrected chi connectivity index (χ0v) is 39.0. The largest absolute Gasteiger partial charge is 0.455 e. The fourth-order valence-electron chi connectivity index (χ4n) is 9.88. The molecule has 3 aromatic carbocycles. The summed E-state index contributed by atoms with van der Waals surface area (Å²) in [5.41, 5.74) is 5.52. The van der Waals surface area contributed by atoms with Gasteiger partial charge in [-0.05, 0) is 110 Å². The van der Waals surface area contributed by atoms with E-state index in [-0.39, 0.29) is 22.8 Å². The first-order chi connectivity index (χ1) is 31.8. The van der Waals surface area contributed by atoms with E-state index in [0.29, 0.717) is 23.1 Å². The van der Waals surface area contributed by atoms with E-state index in [0.717, 1.165) is 120 Å². The number of piperazine rings is 1. The number of carbonyl (C=O) groups is 1. The molecule has 2 aromatic heterocycles. The van der Waals surface area contributed by atoms with Gasteiger partial charge in [-0.3, -0.25) is 19.8 Å². The summed E-state index contributed by atoms with van der Waals surface area (Å²) in [5, 5.41) is 17.3. The molecule has 0 unspecified atom stereocenters. The number of fused-ring (bicyclic) bond motifs is 1. The predicted octanol–water partition coefficient (Wildman–Crippen LogP) is 8.88. The molecule has 3 fully saturated rings. The number of pyridine rings is 1. The van der Waals surface area contributed by atoms with E-state index in [1.165, 1.54) is 47.2 Å². The molecule has 15 nitrogen and oxygen atoms in total. The van der Waals surface area contributed by atoms with Crippen molar-refractivity contribution in [3.05, 3.63) is 117 Å². The van der Waals surface area contributed by atoms with Crippen LogP contribution in [-0.4, -0.2) is 110 Å². The Morgan fingerprint density at radius 1 is 0.970 bits per heavy atom. The molecular formula is C49H57ClN8O7S. The third-order valence-electron chi connectivity index (χ3n) is 13.6. The quantitative estimate of drug-likeness (QED) is 0.0757. The van der Waals surface area contributed by atoms with Gasteiger partial charge in [-0.15, -0.1) is 0 Å². The Morgan fingerprint density at radius 2 is 1.73 bits per heavy atom. The topological polar surface area (TPSA) is 175 Å². The molecule has 9 rings (SSSR count). The van der Waals surface area contributed by atoms with E-state index in [9.17, 15) is 23.3 Å². The highest BCUT2D eigenvalue weighted by molar-refractivity contribution is 7.90. The van der Waals surface area contributed by atoms with Gasteiger partial charge >= 0.3 is 0 Å². The summed E-state index contributed by atoms with van der Waals surface area (Å²) in [6.45, 7) is 12.0. The number of aromatic nitrogens is 2. The van der Waals surface area contributed by atoms with E-state index in [1.807, 2.05) is 18.2 Å². The van der Waals surface area contributed by atoms with Crippen molar-refractivity contribution in [2.75, 3.05) is 69.2 Å². The number of hydrogen-bond acceptors (Lipinski definition) is 12. The van der Waals surface area contributed by atoms with Crippen LogP contribution in [0.15, 0.2) is 95.7 Å². The standard InChI is InChI=1S/C49H57ClN8O7S/c1-49(2)17-11-35(43(30-49)33-3-5-36(50)6-4-33)32-55-21-23-57(24-22-55)40-8-9-42(45(29-40)65-41-27-34-12-18-51-47(34)52-31-41)48(59)54-66(62,63)46-10-7-38(28-44(46)58(60)61)53-37-13-19-56(20-14-37)39-15-25-64-26-16-39/h3-10,12,18,27-29,31,37,39,53H,11,13-17,19-26,30,32H2,1-2H3,(H,51,52)(H,54,59). The Morgan fingerprint density at radius 3 is 2.47 bits per heavy atom.